The third kappa shape index (κ3) is 2.70. The molecule has 3 rings (SSSR count). The molecule has 5 heteroatoms. The van der Waals surface area contributed by atoms with Crippen molar-refractivity contribution < 1.29 is 4.52 Å². The highest BCUT2D eigenvalue weighted by Gasteiger charge is 2.38. The van der Waals surface area contributed by atoms with Crippen LogP contribution in [-0.4, -0.2) is 28.2 Å². The lowest BCUT2D eigenvalue weighted by atomic mass is 9.77. The van der Waals surface area contributed by atoms with Crippen molar-refractivity contribution >= 4 is 0 Å². The first kappa shape index (κ1) is 14.2. The Morgan fingerprint density at radius 1 is 1.43 bits per heavy atom. The van der Waals surface area contributed by atoms with E-state index < -0.39 is 0 Å². The summed E-state index contributed by atoms with van der Waals surface area (Å²) in [6.07, 6.45) is 8.04. The molecule has 1 N–H and O–H groups in total. The zero-order chi connectivity index (χ0) is 14.7. The van der Waals surface area contributed by atoms with E-state index in [2.05, 4.69) is 22.4 Å². The molecule has 1 aliphatic rings. The van der Waals surface area contributed by atoms with Gasteiger partial charge in [0.05, 0.1) is 5.41 Å². The van der Waals surface area contributed by atoms with Crippen molar-refractivity contribution in [1.29, 1.82) is 0 Å². The van der Waals surface area contributed by atoms with E-state index in [-0.39, 0.29) is 5.41 Å². The third-order valence-electron chi connectivity index (χ3n) is 4.36. The Kier molecular flexibility index (Phi) is 4.01. The summed E-state index contributed by atoms with van der Waals surface area (Å²) in [5, 5.41) is 7.68. The van der Waals surface area contributed by atoms with E-state index in [0.717, 1.165) is 55.8 Å². The van der Waals surface area contributed by atoms with Crippen molar-refractivity contribution in [3.8, 4) is 11.4 Å². The molecule has 3 heterocycles. The maximum atomic E-state index is 5.64. The minimum Gasteiger partial charge on any atom is -0.338 e. The van der Waals surface area contributed by atoms with Crippen molar-refractivity contribution in [1.82, 2.24) is 20.4 Å². The molecule has 0 saturated carbocycles. The lowest BCUT2D eigenvalue weighted by Crippen LogP contribution is -2.43. The number of aromatic nitrogens is 3. The van der Waals surface area contributed by atoms with Gasteiger partial charge >= 0.3 is 0 Å². The van der Waals surface area contributed by atoms with Gasteiger partial charge in [0.2, 0.25) is 11.7 Å². The fourth-order valence-electron chi connectivity index (χ4n) is 3.20. The second-order valence-electron chi connectivity index (χ2n) is 5.92. The lowest BCUT2D eigenvalue weighted by molar-refractivity contribution is 0.213. The van der Waals surface area contributed by atoms with Crippen LogP contribution in [0.5, 0.6) is 0 Å². The molecule has 2 aromatic heterocycles. The van der Waals surface area contributed by atoms with Crippen molar-refractivity contribution in [2.45, 2.75) is 44.9 Å². The molecule has 0 amide bonds. The molecule has 1 aliphatic heterocycles. The molecular weight excluding hydrogens is 264 g/mol. The summed E-state index contributed by atoms with van der Waals surface area (Å²) in [6, 6.07) is 1.97. The molecule has 0 bridgehead atoms. The lowest BCUT2D eigenvalue weighted by Gasteiger charge is -2.34. The molecule has 0 aromatic carbocycles. The minimum absolute atomic E-state index is 0.00559. The highest BCUT2D eigenvalue weighted by Crippen LogP contribution is 2.35. The average Bonchev–Trinajstić information content (AvgIpc) is 2.99. The van der Waals surface area contributed by atoms with E-state index in [4.69, 9.17) is 9.51 Å². The van der Waals surface area contributed by atoms with Crippen LogP contribution < -0.4 is 5.32 Å². The molecule has 1 saturated heterocycles. The Hall–Kier alpha value is -1.75. The summed E-state index contributed by atoms with van der Waals surface area (Å²) in [5.41, 5.74) is 2.06. The van der Waals surface area contributed by atoms with Gasteiger partial charge in [-0.2, -0.15) is 4.98 Å². The van der Waals surface area contributed by atoms with E-state index in [9.17, 15) is 0 Å². The quantitative estimate of drug-likeness (QED) is 0.936. The Balaban J connectivity index is 1.94. The van der Waals surface area contributed by atoms with Gasteiger partial charge < -0.3 is 9.84 Å². The maximum Gasteiger partial charge on any atom is 0.234 e. The largest absolute Gasteiger partial charge is 0.338 e. The van der Waals surface area contributed by atoms with Crippen LogP contribution in [-0.2, 0) is 5.41 Å². The van der Waals surface area contributed by atoms with E-state index >= 15 is 0 Å². The second kappa shape index (κ2) is 5.93. The maximum absolute atomic E-state index is 5.64. The fourth-order valence-corrected chi connectivity index (χ4v) is 3.20. The van der Waals surface area contributed by atoms with Crippen LogP contribution >= 0.6 is 0 Å². The van der Waals surface area contributed by atoms with E-state index in [1.807, 2.05) is 13.0 Å². The highest BCUT2D eigenvalue weighted by atomic mass is 16.5. The standard InChI is InChI=1S/C16H22N4O/c1-3-6-16(7-4-8-18-11-16)15-19-14(20-21-15)13-10-17-9-5-12(13)2/h5,9-10,18H,3-4,6-8,11H2,1-2H3. The zero-order valence-electron chi connectivity index (χ0n) is 12.7. The molecule has 0 radical (unpaired) electrons. The number of nitrogens with zero attached hydrogens (tertiary/aromatic N) is 3. The predicted molar refractivity (Wildman–Crippen MR) is 81.0 cm³/mol. The van der Waals surface area contributed by atoms with Crippen LogP contribution in [0, 0.1) is 6.92 Å². The fraction of sp³-hybridized carbons (Fsp3) is 0.562. The van der Waals surface area contributed by atoms with Crippen molar-refractivity contribution in [3.05, 3.63) is 29.9 Å². The van der Waals surface area contributed by atoms with Crippen molar-refractivity contribution in [2.24, 2.45) is 0 Å². The summed E-state index contributed by atoms with van der Waals surface area (Å²) in [5.74, 6) is 1.42. The first-order valence-electron chi connectivity index (χ1n) is 7.71. The van der Waals surface area contributed by atoms with Crippen LogP contribution in [0.1, 0.15) is 44.1 Å². The van der Waals surface area contributed by atoms with E-state index in [1.54, 1.807) is 12.4 Å². The first-order chi connectivity index (χ1) is 10.2. The normalized spacial score (nSPS) is 22.4. The van der Waals surface area contributed by atoms with Crippen molar-refractivity contribution in [2.75, 3.05) is 13.1 Å². The minimum atomic E-state index is -0.00559. The number of hydrogen-bond acceptors (Lipinski definition) is 5. The van der Waals surface area contributed by atoms with E-state index in [0.29, 0.717) is 5.82 Å². The van der Waals surface area contributed by atoms with Gasteiger partial charge in [-0.25, -0.2) is 0 Å². The van der Waals surface area contributed by atoms with Crippen LogP contribution in [0.25, 0.3) is 11.4 Å². The molecule has 5 nitrogen and oxygen atoms in total. The van der Waals surface area contributed by atoms with Gasteiger partial charge in [0.1, 0.15) is 0 Å². The second-order valence-corrected chi connectivity index (χ2v) is 5.92. The average molecular weight is 286 g/mol. The highest BCUT2D eigenvalue weighted by molar-refractivity contribution is 5.57. The molecule has 112 valence electrons. The summed E-state index contributed by atoms with van der Waals surface area (Å²) in [4.78, 5) is 8.86. The van der Waals surface area contributed by atoms with Gasteiger partial charge in [0.25, 0.3) is 0 Å². The van der Waals surface area contributed by atoms with Crippen LogP contribution in [0.3, 0.4) is 0 Å². The number of piperidine rings is 1. The predicted octanol–water partition coefficient (Wildman–Crippen LogP) is 2.86. The topological polar surface area (TPSA) is 63.8 Å². The summed E-state index contributed by atoms with van der Waals surface area (Å²) < 4.78 is 5.64. The van der Waals surface area contributed by atoms with Gasteiger partial charge in [-0.1, -0.05) is 18.5 Å². The molecule has 1 fully saturated rings. The molecular formula is C16H22N4O. The van der Waals surface area contributed by atoms with Crippen LogP contribution in [0.15, 0.2) is 23.0 Å². The molecule has 21 heavy (non-hydrogen) atoms. The number of aryl methyl sites for hydroxylation is 1. The Labute approximate surface area is 125 Å². The number of rotatable bonds is 4. The van der Waals surface area contributed by atoms with E-state index in [1.165, 1.54) is 0 Å². The zero-order valence-corrected chi connectivity index (χ0v) is 12.7. The Morgan fingerprint density at radius 2 is 2.33 bits per heavy atom. The molecule has 2 aromatic rings. The molecule has 0 aliphatic carbocycles. The van der Waals surface area contributed by atoms with Crippen molar-refractivity contribution in [3.63, 3.8) is 0 Å². The van der Waals surface area contributed by atoms with Gasteiger partial charge in [-0.05, 0) is 44.4 Å². The Morgan fingerprint density at radius 3 is 3.05 bits per heavy atom. The summed E-state index contributed by atoms with van der Waals surface area (Å²) in [6.45, 7) is 6.25. The SMILES string of the molecule is CCCC1(c2nc(-c3cnccc3C)no2)CCCNC1. The van der Waals surface area contributed by atoms with Gasteiger partial charge in [-0.3, -0.25) is 4.98 Å². The summed E-state index contributed by atoms with van der Waals surface area (Å²) >= 11 is 0. The van der Waals surface area contributed by atoms with Gasteiger partial charge in [0, 0.05) is 24.5 Å². The Bertz CT molecular complexity index is 596. The summed E-state index contributed by atoms with van der Waals surface area (Å²) in [7, 11) is 0. The van der Waals surface area contributed by atoms with Gasteiger partial charge in [-0.15, -0.1) is 0 Å². The molecule has 0 spiro atoms. The number of hydrogen-bond donors (Lipinski definition) is 1. The third-order valence-corrected chi connectivity index (χ3v) is 4.36. The molecule has 1 unspecified atom stereocenters. The van der Waals surface area contributed by atoms with Crippen LogP contribution in [0.4, 0.5) is 0 Å². The monoisotopic (exact) mass is 286 g/mol. The number of nitrogens with one attached hydrogen (secondary N) is 1. The smallest absolute Gasteiger partial charge is 0.234 e. The molecule has 1 atom stereocenters. The van der Waals surface area contributed by atoms with Gasteiger partial charge in [0.15, 0.2) is 0 Å². The van der Waals surface area contributed by atoms with Crippen LogP contribution in [0.2, 0.25) is 0 Å². The number of pyridine rings is 1. The first-order valence-corrected chi connectivity index (χ1v) is 7.71.